The first kappa shape index (κ1) is 13.7. The van der Waals surface area contributed by atoms with Crippen LogP contribution in [0.25, 0.3) is 0 Å². The van der Waals surface area contributed by atoms with Crippen LogP contribution in [-0.4, -0.2) is 17.6 Å². The molecule has 2 N–H and O–H groups in total. The van der Waals surface area contributed by atoms with E-state index in [0.717, 1.165) is 18.2 Å². The highest BCUT2D eigenvalue weighted by molar-refractivity contribution is 6.32. The van der Waals surface area contributed by atoms with Gasteiger partial charge in [0, 0.05) is 12.6 Å². The Hall–Kier alpha value is -1.34. The summed E-state index contributed by atoms with van der Waals surface area (Å²) in [4.78, 5) is 9.68. The van der Waals surface area contributed by atoms with E-state index in [1.165, 1.54) is 0 Å². The summed E-state index contributed by atoms with van der Waals surface area (Å²) in [6, 6.07) is 2.87. The summed E-state index contributed by atoms with van der Waals surface area (Å²) in [5.41, 5.74) is 4.42. The lowest BCUT2D eigenvalue weighted by Crippen LogP contribution is -2.28. The minimum Gasteiger partial charge on any atom is -0.330 e. The van der Waals surface area contributed by atoms with Crippen molar-refractivity contribution in [3.8, 4) is 0 Å². The third kappa shape index (κ3) is 3.07. The van der Waals surface area contributed by atoms with Crippen LogP contribution in [0.2, 0.25) is 5.02 Å². The molecule has 94 valence electrons. The predicted molar refractivity (Wildman–Crippen MR) is 56.0 cm³/mol. The summed E-state index contributed by atoms with van der Waals surface area (Å²) in [5.74, 6) is -1.87. The van der Waals surface area contributed by atoms with Crippen LogP contribution in [-0.2, 0) is 0 Å². The molecule has 0 amide bonds. The molecule has 0 heterocycles. The molecule has 0 aliphatic carbocycles. The zero-order chi connectivity index (χ0) is 13.2. The van der Waals surface area contributed by atoms with E-state index in [-0.39, 0.29) is 10.6 Å². The van der Waals surface area contributed by atoms with Gasteiger partial charge in [-0.25, -0.2) is 0 Å². The first-order chi connectivity index (χ1) is 7.77. The van der Waals surface area contributed by atoms with Gasteiger partial charge < -0.3 is 5.73 Å². The zero-order valence-electron chi connectivity index (χ0n) is 8.37. The molecular weight excluding hydrogens is 261 g/mol. The first-order valence-corrected chi connectivity index (χ1v) is 4.85. The van der Waals surface area contributed by atoms with Gasteiger partial charge in [-0.2, -0.15) is 13.2 Å². The molecule has 0 fully saturated rings. The van der Waals surface area contributed by atoms with Crippen LogP contribution in [0.3, 0.4) is 0 Å². The van der Waals surface area contributed by atoms with Crippen LogP contribution in [0.5, 0.6) is 0 Å². The number of nitrogens with zero attached hydrogens (tertiary/aromatic N) is 1. The van der Waals surface area contributed by atoms with E-state index in [1.54, 1.807) is 0 Å². The van der Waals surface area contributed by atoms with Gasteiger partial charge in [0.15, 0.2) is 0 Å². The minimum absolute atomic E-state index is 0.185. The van der Waals surface area contributed by atoms with Crippen molar-refractivity contribution in [2.24, 2.45) is 5.73 Å². The van der Waals surface area contributed by atoms with Crippen molar-refractivity contribution in [3.63, 3.8) is 0 Å². The van der Waals surface area contributed by atoms with Crippen molar-refractivity contribution in [1.82, 2.24) is 0 Å². The number of nitro groups is 1. The highest BCUT2D eigenvalue weighted by Gasteiger charge is 2.40. The molecule has 0 aromatic heterocycles. The number of halogens is 4. The highest BCUT2D eigenvalue weighted by Crippen LogP contribution is 2.36. The fourth-order valence-corrected chi connectivity index (χ4v) is 1.60. The summed E-state index contributed by atoms with van der Waals surface area (Å²) < 4.78 is 37.6. The quantitative estimate of drug-likeness (QED) is 0.677. The largest absolute Gasteiger partial charge is 0.396 e. The average Bonchev–Trinajstić information content (AvgIpc) is 2.15. The molecule has 0 saturated heterocycles. The first-order valence-electron chi connectivity index (χ1n) is 4.48. The molecule has 1 aromatic carbocycles. The monoisotopic (exact) mass is 268 g/mol. The normalized spacial score (nSPS) is 13.5. The number of alkyl halides is 3. The maximum Gasteiger partial charge on any atom is 0.396 e. The van der Waals surface area contributed by atoms with Gasteiger partial charge in [-0.15, -0.1) is 0 Å². The van der Waals surface area contributed by atoms with Crippen molar-refractivity contribution < 1.29 is 18.1 Å². The van der Waals surface area contributed by atoms with E-state index in [1.807, 2.05) is 0 Å². The third-order valence-electron chi connectivity index (χ3n) is 2.20. The van der Waals surface area contributed by atoms with Crippen LogP contribution >= 0.6 is 11.6 Å². The van der Waals surface area contributed by atoms with Crippen molar-refractivity contribution >= 4 is 17.3 Å². The molecule has 1 aromatic rings. The molecule has 1 rings (SSSR count). The van der Waals surface area contributed by atoms with Crippen molar-refractivity contribution in [1.29, 1.82) is 0 Å². The van der Waals surface area contributed by atoms with Crippen LogP contribution in [0.15, 0.2) is 18.2 Å². The molecule has 1 unspecified atom stereocenters. The number of hydrogen-bond acceptors (Lipinski definition) is 3. The lowest BCUT2D eigenvalue weighted by Gasteiger charge is -2.18. The molecular formula is C9H8ClF3N2O2. The Morgan fingerprint density at radius 1 is 1.47 bits per heavy atom. The second-order valence-electron chi connectivity index (χ2n) is 3.30. The molecule has 4 nitrogen and oxygen atoms in total. The molecule has 8 heteroatoms. The number of nitrogens with two attached hydrogens (primary N) is 1. The summed E-state index contributed by atoms with van der Waals surface area (Å²) in [7, 11) is 0. The Balaban J connectivity index is 3.16. The van der Waals surface area contributed by atoms with Crippen LogP contribution in [0, 0.1) is 10.1 Å². The lowest BCUT2D eigenvalue weighted by molar-refractivity contribution is -0.384. The van der Waals surface area contributed by atoms with Crippen LogP contribution in [0.4, 0.5) is 18.9 Å². The molecule has 0 spiro atoms. The molecule has 0 radical (unpaired) electrons. The molecule has 17 heavy (non-hydrogen) atoms. The Morgan fingerprint density at radius 2 is 2.06 bits per heavy atom. The van der Waals surface area contributed by atoms with E-state index in [4.69, 9.17) is 17.3 Å². The van der Waals surface area contributed by atoms with Gasteiger partial charge in [-0.3, -0.25) is 10.1 Å². The minimum atomic E-state index is -4.51. The molecule has 0 aliphatic heterocycles. The zero-order valence-corrected chi connectivity index (χ0v) is 9.13. The summed E-state index contributed by atoms with van der Waals surface area (Å²) in [6.45, 7) is -0.641. The van der Waals surface area contributed by atoms with Gasteiger partial charge in [0.05, 0.1) is 10.8 Å². The number of benzene rings is 1. The van der Waals surface area contributed by atoms with Gasteiger partial charge in [0.2, 0.25) is 0 Å². The van der Waals surface area contributed by atoms with Crippen LogP contribution in [0.1, 0.15) is 11.5 Å². The SMILES string of the molecule is NCC(c1ccc([N+](=O)[O-])c(Cl)c1)C(F)(F)F. The van der Waals surface area contributed by atoms with Gasteiger partial charge in [-0.1, -0.05) is 17.7 Å². The number of nitro benzene ring substituents is 1. The van der Waals surface area contributed by atoms with Gasteiger partial charge in [-0.05, 0) is 11.6 Å². The standard InChI is InChI=1S/C9H8ClF3N2O2/c10-7-3-5(1-2-8(7)15(16)17)6(4-14)9(11,12)13/h1-3,6H,4,14H2. The summed E-state index contributed by atoms with van der Waals surface area (Å²) in [6.07, 6.45) is -4.51. The Labute approximate surface area is 99.3 Å². The highest BCUT2D eigenvalue weighted by atomic mass is 35.5. The number of rotatable bonds is 3. The van der Waals surface area contributed by atoms with E-state index in [2.05, 4.69) is 0 Å². The number of hydrogen-bond donors (Lipinski definition) is 1. The van der Waals surface area contributed by atoms with E-state index < -0.39 is 29.2 Å². The lowest BCUT2D eigenvalue weighted by atomic mass is 9.98. The van der Waals surface area contributed by atoms with Gasteiger partial charge in [0.25, 0.3) is 5.69 Å². The second-order valence-corrected chi connectivity index (χ2v) is 3.71. The Kier molecular flexibility index (Phi) is 3.94. The van der Waals surface area contributed by atoms with Gasteiger partial charge >= 0.3 is 6.18 Å². The average molecular weight is 269 g/mol. The molecule has 0 aliphatic rings. The van der Waals surface area contributed by atoms with Crippen molar-refractivity contribution in [2.45, 2.75) is 12.1 Å². The van der Waals surface area contributed by atoms with E-state index >= 15 is 0 Å². The predicted octanol–water partition coefficient (Wildman–Crippen LogP) is 2.85. The maximum absolute atomic E-state index is 12.5. The molecule has 0 saturated carbocycles. The summed E-state index contributed by atoms with van der Waals surface area (Å²) in [5, 5.41) is 10.1. The topological polar surface area (TPSA) is 69.2 Å². The smallest absolute Gasteiger partial charge is 0.330 e. The van der Waals surface area contributed by atoms with Gasteiger partial charge in [0.1, 0.15) is 5.02 Å². The molecule has 1 atom stereocenters. The fraction of sp³-hybridized carbons (Fsp3) is 0.333. The third-order valence-corrected chi connectivity index (χ3v) is 2.50. The van der Waals surface area contributed by atoms with Crippen molar-refractivity contribution in [2.75, 3.05) is 6.54 Å². The van der Waals surface area contributed by atoms with E-state index in [0.29, 0.717) is 0 Å². The maximum atomic E-state index is 12.5. The van der Waals surface area contributed by atoms with E-state index in [9.17, 15) is 23.3 Å². The molecule has 0 bridgehead atoms. The Morgan fingerprint density at radius 3 is 2.41 bits per heavy atom. The van der Waals surface area contributed by atoms with Crippen molar-refractivity contribution in [3.05, 3.63) is 38.9 Å². The Bertz CT molecular complexity index is 437. The second kappa shape index (κ2) is 4.89. The van der Waals surface area contributed by atoms with Crippen LogP contribution < -0.4 is 5.73 Å². The fourth-order valence-electron chi connectivity index (χ4n) is 1.35. The summed E-state index contributed by atoms with van der Waals surface area (Å²) >= 11 is 5.53.